The zero-order chi connectivity index (χ0) is 63.6. The van der Waals surface area contributed by atoms with Crippen LogP contribution >= 0.6 is 11.6 Å². The maximum absolute atomic E-state index is 14.3. The van der Waals surface area contributed by atoms with Crippen LogP contribution in [0.5, 0.6) is 0 Å². The number of carboxylic acids is 1. The van der Waals surface area contributed by atoms with Gasteiger partial charge in [-0.2, -0.15) is 0 Å². The lowest BCUT2D eigenvalue weighted by Crippen LogP contribution is -2.62. The van der Waals surface area contributed by atoms with Crippen molar-refractivity contribution < 1.29 is 83.0 Å². The number of nitrogens with two attached hydrogens (primary N) is 4. The zero-order valence-corrected chi connectivity index (χ0v) is 48.5. The molecule has 31 nitrogen and oxygen atoms in total. The first-order valence-corrected chi connectivity index (χ1v) is 28.5. The Balaban J connectivity index is 2.81. The van der Waals surface area contributed by atoms with Crippen LogP contribution in [0.2, 0.25) is 0 Å². The third kappa shape index (κ3) is 26.9. The summed E-state index contributed by atoms with van der Waals surface area (Å²) in [6, 6.07) is -6.93. The highest BCUT2D eigenvalue weighted by Gasteiger charge is 2.40. The fourth-order valence-electron chi connectivity index (χ4n) is 8.38. The summed E-state index contributed by atoms with van der Waals surface area (Å²) >= 11 is 5.88. The molecule has 0 spiro atoms. The molecule has 0 unspecified atom stereocenters. The fraction of sp³-hybridized carbons (Fsp3) is 0.623. The van der Waals surface area contributed by atoms with E-state index in [2.05, 4.69) is 49.1 Å². The van der Waals surface area contributed by atoms with Crippen LogP contribution in [0.4, 0.5) is 0 Å². The number of amides is 9. The molecular weight excluding hydrogens is 1140 g/mol. The van der Waals surface area contributed by atoms with E-state index in [1.165, 1.54) is 6.92 Å². The van der Waals surface area contributed by atoms with Crippen molar-refractivity contribution in [1.29, 1.82) is 0 Å². The van der Waals surface area contributed by atoms with Gasteiger partial charge in [0.2, 0.25) is 47.3 Å². The normalized spacial score (nSPS) is 23.7. The van der Waals surface area contributed by atoms with E-state index in [0.717, 1.165) is 44.6 Å². The van der Waals surface area contributed by atoms with Gasteiger partial charge in [0.1, 0.15) is 54.6 Å². The number of aliphatic imine (C=N–C) groups is 1. The number of hydrogen-bond donors (Lipinski definition) is 18. The minimum atomic E-state index is -2.81. The number of benzene rings is 1. The first-order valence-electron chi connectivity index (χ1n) is 27.9. The van der Waals surface area contributed by atoms with Crippen molar-refractivity contribution in [2.75, 3.05) is 38.7 Å². The number of halogens is 1. The maximum Gasteiger partial charge on any atom is 0.335 e. The molecular formula is C53H85ClN14O17. The number of nitrogens with zero attached hydrogens (tertiary/aromatic N) is 1. The van der Waals surface area contributed by atoms with E-state index in [4.69, 9.17) is 39.3 Å². The second kappa shape index (κ2) is 39.9. The van der Waals surface area contributed by atoms with Crippen molar-refractivity contribution >= 4 is 82.7 Å². The number of aliphatic hydroxyl groups excluding tert-OH is 4. The first-order chi connectivity index (χ1) is 40.4. The van der Waals surface area contributed by atoms with E-state index in [9.17, 15) is 78.3 Å². The van der Waals surface area contributed by atoms with E-state index in [-0.39, 0.29) is 64.1 Å². The molecule has 1 aromatic carbocycles. The number of esters is 1. The SMILES string of the molecule is C/C=C1\NC(=O)[C@@H](Cc2ccccc2)NC(=O)[C@@H](CCCN=C(N)N)NC(=O)[C@H](CCN)NC(=O)[C@@H](CCN)NC(=O)[C@H](CO)NC(=O)[C@H](NC(=O)C[C@@H](O)CCCCCCCCC)COC(=O)[C@@H]([C@H](O)CCl)NC(=O)[C@@H]([C@@H](O)C(=O)O)NC1=O. The number of unbranched alkanes of at least 4 members (excludes halogenated alkanes) is 6. The van der Waals surface area contributed by atoms with Gasteiger partial charge in [0.15, 0.2) is 18.1 Å². The van der Waals surface area contributed by atoms with Gasteiger partial charge in [-0.3, -0.25) is 48.1 Å². The number of nitrogens with one attached hydrogen (secondary N) is 9. The molecule has 0 radical (unpaired) electrons. The predicted molar refractivity (Wildman–Crippen MR) is 306 cm³/mol. The van der Waals surface area contributed by atoms with Crippen LogP contribution in [0, 0.1) is 0 Å². The second-order valence-corrected chi connectivity index (χ2v) is 20.2. The number of guanidine groups is 1. The number of aliphatic carboxylic acids is 1. The number of carbonyl (C=O) groups excluding carboxylic acids is 10. The number of rotatable bonds is 26. The second-order valence-electron chi connectivity index (χ2n) is 19.9. The van der Waals surface area contributed by atoms with E-state index in [0.29, 0.717) is 12.0 Å². The lowest BCUT2D eigenvalue weighted by Gasteiger charge is -2.28. The van der Waals surface area contributed by atoms with Gasteiger partial charge in [0.05, 0.1) is 31.1 Å². The van der Waals surface area contributed by atoms with Crippen LogP contribution < -0.4 is 70.8 Å². The quantitative estimate of drug-likeness (QED) is 0.0103. The highest BCUT2D eigenvalue weighted by atomic mass is 35.5. The molecule has 11 atom stereocenters. The molecule has 0 saturated carbocycles. The Morgan fingerprint density at radius 3 is 1.78 bits per heavy atom. The van der Waals surface area contributed by atoms with Gasteiger partial charge in [0.25, 0.3) is 5.91 Å². The molecule has 1 aliphatic rings. The van der Waals surface area contributed by atoms with Gasteiger partial charge in [-0.25, -0.2) is 9.59 Å². The van der Waals surface area contributed by atoms with Crippen LogP contribution in [-0.2, 0) is 63.9 Å². The highest BCUT2D eigenvalue weighted by molar-refractivity contribution is 6.18. The summed E-state index contributed by atoms with van der Waals surface area (Å²) in [6.45, 7) is 0.417. The van der Waals surface area contributed by atoms with Crippen LogP contribution in [0.1, 0.15) is 103 Å². The topological polar surface area (TPSA) is 523 Å². The Morgan fingerprint density at radius 2 is 1.25 bits per heavy atom. The molecule has 2 rings (SSSR count). The molecule has 1 heterocycles. The van der Waals surface area contributed by atoms with E-state index < -0.39 is 163 Å². The van der Waals surface area contributed by atoms with Gasteiger partial charge >= 0.3 is 11.9 Å². The summed E-state index contributed by atoms with van der Waals surface area (Å²) in [6.07, 6.45) is -0.182. The van der Waals surface area contributed by atoms with Crippen molar-refractivity contribution in [3.8, 4) is 0 Å². The highest BCUT2D eigenvalue weighted by Crippen LogP contribution is 2.13. The number of cyclic esters (lactones) is 1. The van der Waals surface area contributed by atoms with Gasteiger partial charge in [-0.05, 0) is 57.7 Å². The Labute approximate surface area is 496 Å². The summed E-state index contributed by atoms with van der Waals surface area (Å²) in [4.78, 5) is 156. The molecule has 0 aliphatic carbocycles. The van der Waals surface area contributed by atoms with Gasteiger partial charge in [0, 0.05) is 13.0 Å². The molecule has 0 aromatic heterocycles. The average molecular weight is 1230 g/mol. The monoisotopic (exact) mass is 1220 g/mol. The molecule has 1 saturated heterocycles. The van der Waals surface area contributed by atoms with Gasteiger partial charge in [-0.1, -0.05) is 88.3 Å². The number of carboxylic acid groups (broad SMARTS) is 1. The maximum atomic E-state index is 14.3. The minimum Gasteiger partial charge on any atom is -0.479 e. The Bertz CT molecular complexity index is 2440. The Morgan fingerprint density at radius 1 is 0.706 bits per heavy atom. The van der Waals surface area contributed by atoms with E-state index in [1.54, 1.807) is 30.3 Å². The van der Waals surface area contributed by atoms with Gasteiger partial charge in [-0.15, -0.1) is 11.6 Å². The smallest absolute Gasteiger partial charge is 0.335 e. The summed E-state index contributed by atoms with van der Waals surface area (Å²) in [7, 11) is 0. The lowest BCUT2D eigenvalue weighted by molar-refractivity contribution is -0.155. The fourth-order valence-corrected chi connectivity index (χ4v) is 8.55. The molecule has 0 bridgehead atoms. The molecule has 476 valence electrons. The Hall–Kier alpha value is -7.55. The summed E-state index contributed by atoms with van der Waals surface area (Å²) in [5, 5.41) is 73.2. The van der Waals surface area contributed by atoms with Crippen molar-refractivity contribution in [2.24, 2.45) is 27.9 Å². The number of hydrogen-bond acceptors (Lipinski definition) is 19. The van der Waals surface area contributed by atoms with E-state index in [1.807, 2.05) is 10.6 Å². The number of ether oxygens (including phenoxy) is 1. The number of allylic oxidation sites excluding steroid dienone is 1. The van der Waals surface area contributed by atoms with Crippen molar-refractivity contribution in [2.45, 2.75) is 170 Å². The minimum absolute atomic E-state index is 0.0368. The molecule has 85 heavy (non-hydrogen) atoms. The predicted octanol–water partition coefficient (Wildman–Crippen LogP) is -5.64. The van der Waals surface area contributed by atoms with Crippen LogP contribution in [0.3, 0.4) is 0 Å². The Kier molecular flexibility index (Phi) is 34.5. The standard InChI is InChI=1S/C53H85ClN14O17/c1-3-5-6-7-8-9-13-17-30(70)25-39(72)60-37-28-85-52(84)40(38(71)26-54)67-50(81)41(42(73)51(82)83)68-43(74)31(4-2)61-47(78)35(24-29-15-11-10-12-16-29)65-44(75)32(18-14-23-59-53(57)58)62-45(76)33(19-21-55)63-46(77)34(20-22-56)64-48(79)36(27-69)66-49(37)80/h4,10-12,15-16,30,32-38,40-42,69-71,73H,3,5-9,13-14,17-28,55-56H2,1-2H3,(H,60,72)(H,61,78)(H,62,76)(H,63,77)(H,64,79)(H,65,75)(H,66,80)(H,67,81)(H,68,74)(H,82,83)(H4,57,58,59)/b31-4-/t30-,32+,33-,34+,35+,36-,37+,38+,40+,41+,42+/m0/s1. The summed E-state index contributed by atoms with van der Waals surface area (Å²) < 4.78 is 5.27. The van der Waals surface area contributed by atoms with Crippen LogP contribution in [-0.4, -0.2) is 202 Å². The third-order valence-electron chi connectivity index (χ3n) is 13.1. The van der Waals surface area contributed by atoms with Gasteiger partial charge < -0.3 is 101 Å². The zero-order valence-electron chi connectivity index (χ0n) is 47.7. The number of aliphatic hydroxyl groups is 4. The first kappa shape index (κ1) is 73.6. The lowest BCUT2D eigenvalue weighted by atomic mass is 10.0. The average Bonchev–Trinajstić information content (AvgIpc) is 3.67. The summed E-state index contributed by atoms with van der Waals surface area (Å²) in [5.74, 6) is -15.6. The third-order valence-corrected chi connectivity index (χ3v) is 13.4. The summed E-state index contributed by atoms with van der Waals surface area (Å²) in [5.41, 5.74) is 22.4. The van der Waals surface area contributed by atoms with Crippen molar-refractivity contribution in [1.82, 2.24) is 47.9 Å². The number of alkyl halides is 1. The van der Waals surface area contributed by atoms with Crippen LogP contribution in [0.25, 0.3) is 0 Å². The molecule has 9 amide bonds. The molecule has 1 aliphatic heterocycles. The molecule has 1 fully saturated rings. The van der Waals surface area contributed by atoms with Crippen molar-refractivity contribution in [3.63, 3.8) is 0 Å². The molecule has 1 aromatic rings. The largest absolute Gasteiger partial charge is 0.479 e. The number of carbonyl (C=O) groups is 11. The van der Waals surface area contributed by atoms with Crippen LogP contribution in [0.15, 0.2) is 47.1 Å². The molecule has 22 N–H and O–H groups in total. The van der Waals surface area contributed by atoms with Crippen molar-refractivity contribution in [3.05, 3.63) is 47.7 Å². The molecule has 32 heteroatoms. The van der Waals surface area contributed by atoms with E-state index >= 15 is 0 Å².